The predicted molar refractivity (Wildman–Crippen MR) is 75.3 cm³/mol. The van der Waals surface area contributed by atoms with Crippen molar-refractivity contribution >= 4 is 28.5 Å². The number of aromatic nitrogens is 1. The zero-order valence-corrected chi connectivity index (χ0v) is 11.9. The summed E-state index contributed by atoms with van der Waals surface area (Å²) in [5.74, 6) is -0.0315. The van der Waals surface area contributed by atoms with Crippen molar-refractivity contribution in [3.63, 3.8) is 0 Å². The topological polar surface area (TPSA) is 51.5 Å². The molecular formula is C14H16ClNO3. The summed E-state index contributed by atoms with van der Waals surface area (Å²) in [6.45, 7) is 4.80. The van der Waals surface area contributed by atoms with E-state index in [4.69, 9.17) is 16.3 Å². The minimum atomic E-state index is -1.02. The Morgan fingerprint density at radius 3 is 2.68 bits per heavy atom. The molecule has 2 rings (SSSR count). The smallest absolute Gasteiger partial charge is 0.339 e. The Bertz CT molecular complexity index is 631. The summed E-state index contributed by atoms with van der Waals surface area (Å²) in [5, 5.41) is 10.2. The van der Waals surface area contributed by atoms with Crippen molar-refractivity contribution in [2.24, 2.45) is 5.92 Å². The van der Waals surface area contributed by atoms with Crippen LogP contribution >= 0.6 is 11.6 Å². The first-order valence-corrected chi connectivity index (χ1v) is 6.42. The normalized spacial score (nSPS) is 11.2. The number of carboxylic acids is 1. The van der Waals surface area contributed by atoms with Gasteiger partial charge in [0.25, 0.3) is 0 Å². The maximum Gasteiger partial charge on any atom is 0.339 e. The lowest BCUT2D eigenvalue weighted by Crippen LogP contribution is -2.05. The predicted octanol–water partition coefficient (Wildman–Crippen LogP) is 3.66. The van der Waals surface area contributed by atoms with Crippen LogP contribution in [-0.2, 0) is 6.54 Å². The third kappa shape index (κ3) is 2.40. The fraction of sp³-hybridized carbons (Fsp3) is 0.357. The fourth-order valence-electron chi connectivity index (χ4n) is 2.18. The molecule has 0 fully saturated rings. The van der Waals surface area contributed by atoms with Gasteiger partial charge >= 0.3 is 5.97 Å². The van der Waals surface area contributed by atoms with E-state index in [1.54, 1.807) is 19.2 Å². The van der Waals surface area contributed by atoms with Crippen LogP contribution in [0.3, 0.4) is 0 Å². The molecule has 5 heteroatoms. The highest BCUT2D eigenvalue weighted by Crippen LogP contribution is 2.33. The van der Waals surface area contributed by atoms with Crippen LogP contribution in [0, 0.1) is 5.92 Å². The lowest BCUT2D eigenvalue weighted by Gasteiger charge is -2.10. The molecule has 0 amide bonds. The molecule has 0 aliphatic rings. The quantitative estimate of drug-likeness (QED) is 0.930. The molecule has 0 spiro atoms. The molecule has 1 heterocycles. The molecule has 1 aromatic carbocycles. The van der Waals surface area contributed by atoms with E-state index in [1.165, 1.54) is 0 Å². The van der Waals surface area contributed by atoms with Crippen molar-refractivity contribution in [2.75, 3.05) is 7.11 Å². The van der Waals surface area contributed by atoms with Crippen LogP contribution in [0.15, 0.2) is 18.2 Å². The molecule has 2 aromatic rings. The Labute approximate surface area is 116 Å². The van der Waals surface area contributed by atoms with Crippen molar-refractivity contribution in [1.82, 2.24) is 4.57 Å². The molecule has 0 aliphatic carbocycles. The van der Waals surface area contributed by atoms with Gasteiger partial charge in [0.05, 0.1) is 12.6 Å². The molecule has 102 valence electrons. The second-order valence-electron chi connectivity index (χ2n) is 4.86. The van der Waals surface area contributed by atoms with Gasteiger partial charge in [-0.15, -0.1) is 0 Å². The van der Waals surface area contributed by atoms with Gasteiger partial charge in [-0.05, 0) is 24.1 Å². The number of ether oxygens (including phenoxy) is 1. The summed E-state index contributed by atoms with van der Waals surface area (Å²) >= 11 is 6.23. The maximum absolute atomic E-state index is 11.4. The molecule has 19 heavy (non-hydrogen) atoms. The van der Waals surface area contributed by atoms with Gasteiger partial charge in [-0.1, -0.05) is 25.4 Å². The largest absolute Gasteiger partial charge is 0.497 e. The highest BCUT2D eigenvalue weighted by Gasteiger charge is 2.21. The zero-order valence-electron chi connectivity index (χ0n) is 11.1. The number of aromatic carboxylic acids is 1. The van der Waals surface area contributed by atoms with E-state index >= 15 is 0 Å². The van der Waals surface area contributed by atoms with Crippen LogP contribution in [-0.4, -0.2) is 22.8 Å². The average molecular weight is 282 g/mol. The van der Waals surface area contributed by atoms with Gasteiger partial charge in [0.15, 0.2) is 0 Å². The van der Waals surface area contributed by atoms with E-state index in [0.29, 0.717) is 23.6 Å². The zero-order chi connectivity index (χ0) is 14.2. The number of benzene rings is 1. The lowest BCUT2D eigenvalue weighted by molar-refractivity contribution is 0.0699. The summed E-state index contributed by atoms with van der Waals surface area (Å²) in [4.78, 5) is 11.4. The first-order chi connectivity index (χ1) is 8.95. The standard InChI is InChI=1S/C14H16ClNO3/c1-8(2)7-16-11-5-4-9(19-3)6-10(11)12(13(16)15)14(17)18/h4-6,8H,7H2,1-3H3,(H,17,18). The Hall–Kier alpha value is -1.68. The Morgan fingerprint density at radius 1 is 1.47 bits per heavy atom. The van der Waals surface area contributed by atoms with E-state index < -0.39 is 5.97 Å². The maximum atomic E-state index is 11.4. The minimum Gasteiger partial charge on any atom is -0.497 e. The van der Waals surface area contributed by atoms with E-state index in [9.17, 15) is 9.90 Å². The SMILES string of the molecule is COc1ccc2c(c1)c(C(=O)O)c(Cl)n2CC(C)C. The van der Waals surface area contributed by atoms with Gasteiger partial charge in [-0.25, -0.2) is 4.79 Å². The highest BCUT2D eigenvalue weighted by atomic mass is 35.5. The summed E-state index contributed by atoms with van der Waals surface area (Å²) in [6, 6.07) is 5.36. The molecule has 0 saturated carbocycles. The first-order valence-electron chi connectivity index (χ1n) is 6.04. The van der Waals surface area contributed by atoms with Crippen LogP contribution in [0.1, 0.15) is 24.2 Å². The van der Waals surface area contributed by atoms with Crippen LogP contribution in [0.5, 0.6) is 5.75 Å². The van der Waals surface area contributed by atoms with E-state index in [2.05, 4.69) is 13.8 Å². The molecule has 0 aliphatic heterocycles. The van der Waals surface area contributed by atoms with Gasteiger partial charge in [0, 0.05) is 11.9 Å². The van der Waals surface area contributed by atoms with Gasteiger partial charge in [-0.2, -0.15) is 0 Å². The molecule has 0 saturated heterocycles. The molecule has 4 nitrogen and oxygen atoms in total. The summed E-state index contributed by atoms with van der Waals surface area (Å²) in [5.41, 5.74) is 0.952. The van der Waals surface area contributed by atoms with Crippen molar-refractivity contribution in [3.05, 3.63) is 28.9 Å². The Morgan fingerprint density at radius 2 is 2.16 bits per heavy atom. The number of methoxy groups -OCH3 is 1. The van der Waals surface area contributed by atoms with Crippen LogP contribution < -0.4 is 4.74 Å². The van der Waals surface area contributed by atoms with Crippen LogP contribution in [0.2, 0.25) is 5.15 Å². The van der Waals surface area contributed by atoms with Gasteiger partial charge < -0.3 is 14.4 Å². The highest BCUT2D eigenvalue weighted by molar-refractivity contribution is 6.35. The molecule has 0 atom stereocenters. The number of halogens is 1. The second-order valence-corrected chi connectivity index (χ2v) is 5.22. The van der Waals surface area contributed by atoms with Gasteiger partial charge in [0.2, 0.25) is 0 Å². The Kier molecular flexibility index (Phi) is 3.71. The molecule has 1 N–H and O–H groups in total. The third-order valence-corrected chi connectivity index (χ3v) is 3.36. The summed E-state index contributed by atoms with van der Waals surface area (Å²) in [7, 11) is 1.55. The van der Waals surface area contributed by atoms with E-state index in [1.807, 2.05) is 10.6 Å². The molecule has 1 aromatic heterocycles. The number of carboxylic acid groups (broad SMARTS) is 1. The van der Waals surface area contributed by atoms with E-state index in [0.717, 1.165) is 5.52 Å². The van der Waals surface area contributed by atoms with Gasteiger partial charge in [0.1, 0.15) is 16.5 Å². The third-order valence-electron chi connectivity index (χ3n) is 2.97. The summed E-state index contributed by atoms with van der Waals surface area (Å²) in [6.07, 6.45) is 0. The fourth-order valence-corrected chi connectivity index (χ4v) is 2.52. The number of nitrogens with zero attached hydrogens (tertiary/aromatic N) is 1. The lowest BCUT2D eigenvalue weighted by atomic mass is 10.1. The number of hydrogen-bond acceptors (Lipinski definition) is 2. The number of hydrogen-bond donors (Lipinski definition) is 1. The van der Waals surface area contributed by atoms with Crippen molar-refractivity contribution in [3.8, 4) is 5.75 Å². The second kappa shape index (κ2) is 5.13. The minimum absolute atomic E-state index is 0.135. The van der Waals surface area contributed by atoms with Crippen molar-refractivity contribution in [1.29, 1.82) is 0 Å². The average Bonchev–Trinajstić information content (AvgIpc) is 2.61. The Balaban J connectivity index is 2.76. The molecule has 0 radical (unpaired) electrons. The van der Waals surface area contributed by atoms with E-state index in [-0.39, 0.29) is 10.7 Å². The number of carbonyl (C=O) groups is 1. The monoisotopic (exact) mass is 281 g/mol. The molecular weight excluding hydrogens is 266 g/mol. The summed E-state index contributed by atoms with van der Waals surface area (Å²) < 4.78 is 6.98. The first kappa shape index (κ1) is 13.7. The van der Waals surface area contributed by atoms with Crippen molar-refractivity contribution < 1.29 is 14.6 Å². The number of fused-ring (bicyclic) bond motifs is 1. The molecule has 0 bridgehead atoms. The molecule has 0 unspecified atom stereocenters. The van der Waals surface area contributed by atoms with Crippen LogP contribution in [0.4, 0.5) is 0 Å². The van der Waals surface area contributed by atoms with Gasteiger partial charge in [-0.3, -0.25) is 0 Å². The van der Waals surface area contributed by atoms with Crippen molar-refractivity contribution in [2.45, 2.75) is 20.4 Å². The number of rotatable bonds is 4. The van der Waals surface area contributed by atoms with Crippen LogP contribution in [0.25, 0.3) is 10.9 Å².